The molecule has 0 radical (unpaired) electrons. The van der Waals surface area contributed by atoms with Crippen LogP contribution in [0.5, 0.6) is 0 Å². The van der Waals surface area contributed by atoms with Crippen LogP contribution in [0.1, 0.15) is 29.1 Å². The minimum absolute atomic E-state index is 0.833. The highest BCUT2D eigenvalue weighted by Gasteiger charge is 2.21. The SMILES string of the molecule is Cc1nc(Sc2nc3ccccc3[nH]2)c2c3c(sc2n1)CCCC3. The van der Waals surface area contributed by atoms with Gasteiger partial charge in [0.2, 0.25) is 0 Å². The summed E-state index contributed by atoms with van der Waals surface area (Å²) >= 11 is 3.47. The van der Waals surface area contributed by atoms with Crippen LogP contribution >= 0.6 is 23.1 Å². The highest BCUT2D eigenvalue weighted by molar-refractivity contribution is 7.99. The maximum atomic E-state index is 4.75. The van der Waals surface area contributed by atoms with Gasteiger partial charge in [0.1, 0.15) is 15.7 Å². The molecule has 0 atom stereocenters. The van der Waals surface area contributed by atoms with Crippen LogP contribution in [0.2, 0.25) is 0 Å². The minimum atomic E-state index is 0.833. The van der Waals surface area contributed by atoms with Gasteiger partial charge in [-0.2, -0.15) is 0 Å². The van der Waals surface area contributed by atoms with E-state index in [0.717, 1.165) is 38.3 Å². The second kappa shape index (κ2) is 5.57. The second-order valence-corrected chi connectivity index (χ2v) is 8.19. The number of nitrogens with one attached hydrogen (secondary N) is 1. The number of imidazole rings is 1. The van der Waals surface area contributed by atoms with Crippen LogP contribution in [-0.4, -0.2) is 19.9 Å². The molecule has 6 heteroatoms. The van der Waals surface area contributed by atoms with Crippen molar-refractivity contribution >= 4 is 44.3 Å². The fourth-order valence-corrected chi connectivity index (χ4v) is 5.73. The highest BCUT2D eigenvalue weighted by Crippen LogP contribution is 2.41. The molecule has 24 heavy (non-hydrogen) atoms. The van der Waals surface area contributed by atoms with Crippen LogP contribution in [0.4, 0.5) is 0 Å². The van der Waals surface area contributed by atoms with E-state index in [1.807, 2.05) is 36.5 Å². The molecule has 0 bridgehead atoms. The third-order valence-electron chi connectivity index (χ3n) is 4.45. The molecule has 1 N–H and O–H groups in total. The molecule has 0 saturated carbocycles. The molecule has 5 rings (SSSR count). The number of aryl methyl sites for hydroxylation is 3. The zero-order valence-corrected chi connectivity index (χ0v) is 14.9. The summed E-state index contributed by atoms with van der Waals surface area (Å²) in [5, 5.41) is 3.19. The molecule has 3 heterocycles. The number of hydrogen-bond donors (Lipinski definition) is 1. The first-order valence-corrected chi connectivity index (χ1v) is 9.83. The van der Waals surface area contributed by atoms with Crippen molar-refractivity contribution in [3.8, 4) is 0 Å². The van der Waals surface area contributed by atoms with E-state index in [0.29, 0.717) is 0 Å². The fraction of sp³-hybridized carbons (Fsp3) is 0.278. The number of rotatable bonds is 2. The summed E-state index contributed by atoms with van der Waals surface area (Å²) in [5.74, 6) is 0.833. The summed E-state index contributed by atoms with van der Waals surface area (Å²) in [6.07, 6.45) is 4.89. The molecule has 0 saturated heterocycles. The van der Waals surface area contributed by atoms with E-state index in [1.165, 1.54) is 35.1 Å². The van der Waals surface area contributed by atoms with Crippen molar-refractivity contribution < 1.29 is 0 Å². The van der Waals surface area contributed by atoms with Gasteiger partial charge in [-0.25, -0.2) is 15.0 Å². The lowest BCUT2D eigenvalue weighted by Gasteiger charge is -2.11. The van der Waals surface area contributed by atoms with Gasteiger partial charge in [-0.15, -0.1) is 11.3 Å². The van der Waals surface area contributed by atoms with Crippen molar-refractivity contribution in [2.75, 3.05) is 0 Å². The van der Waals surface area contributed by atoms with Gasteiger partial charge in [-0.3, -0.25) is 0 Å². The van der Waals surface area contributed by atoms with E-state index >= 15 is 0 Å². The fourth-order valence-electron chi connectivity index (χ4n) is 3.37. The van der Waals surface area contributed by atoms with Crippen molar-refractivity contribution in [3.63, 3.8) is 0 Å². The van der Waals surface area contributed by atoms with E-state index in [-0.39, 0.29) is 0 Å². The Morgan fingerprint density at radius 3 is 2.88 bits per heavy atom. The van der Waals surface area contributed by atoms with Gasteiger partial charge in [-0.1, -0.05) is 12.1 Å². The summed E-state index contributed by atoms with van der Waals surface area (Å²) in [4.78, 5) is 20.2. The molecule has 1 aliphatic carbocycles. The quantitative estimate of drug-likeness (QED) is 0.521. The largest absolute Gasteiger partial charge is 0.333 e. The molecule has 4 nitrogen and oxygen atoms in total. The lowest BCUT2D eigenvalue weighted by molar-refractivity contribution is 0.699. The van der Waals surface area contributed by atoms with Crippen LogP contribution in [0.15, 0.2) is 34.4 Å². The third kappa shape index (κ3) is 2.32. The van der Waals surface area contributed by atoms with Crippen LogP contribution in [0.25, 0.3) is 21.3 Å². The third-order valence-corrected chi connectivity index (χ3v) is 6.52. The smallest absolute Gasteiger partial charge is 0.172 e. The Morgan fingerprint density at radius 2 is 1.96 bits per heavy atom. The van der Waals surface area contributed by atoms with Gasteiger partial charge in [0.25, 0.3) is 0 Å². The van der Waals surface area contributed by atoms with Crippen LogP contribution in [0.3, 0.4) is 0 Å². The lowest BCUT2D eigenvalue weighted by atomic mass is 9.97. The summed E-state index contributed by atoms with van der Waals surface area (Å²) in [6.45, 7) is 1.97. The van der Waals surface area contributed by atoms with Gasteiger partial charge in [0, 0.05) is 10.3 Å². The minimum Gasteiger partial charge on any atom is -0.333 e. The van der Waals surface area contributed by atoms with E-state index in [4.69, 9.17) is 9.97 Å². The number of nitrogens with zero attached hydrogens (tertiary/aromatic N) is 3. The summed E-state index contributed by atoms with van der Waals surface area (Å²) < 4.78 is 0. The van der Waals surface area contributed by atoms with Crippen molar-refractivity contribution in [3.05, 3.63) is 40.5 Å². The number of fused-ring (bicyclic) bond motifs is 4. The average molecular weight is 352 g/mol. The van der Waals surface area contributed by atoms with Crippen molar-refractivity contribution in [1.82, 2.24) is 19.9 Å². The molecule has 1 aliphatic rings. The standard InChI is InChI=1S/C18H16N4S2/c1-10-19-16-15(11-6-2-5-9-14(11)23-16)17(20-10)24-18-21-12-7-3-4-8-13(12)22-18/h3-4,7-8H,2,5-6,9H2,1H3,(H,21,22). The second-order valence-electron chi connectivity index (χ2n) is 6.13. The van der Waals surface area contributed by atoms with Gasteiger partial charge < -0.3 is 4.98 Å². The predicted molar refractivity (Wildman–Crippen MR) is 99.0 cm³/mol. The van der Waals surface area contributed by atoms with Gasteiger partial charge in [0.05, 0.1) is 11.0 Å². The summed E-state index contributed by atoms with van der Waals surface area (Å²) in [6, 6.07) is 8.12. The number of hydrogen-bond acceptors (Lipinski definition) is 5. The van der Waals surface area contributed by atoms with E-state index < -0.39 is 0 Å². The number of H-pyrrole nitrogens is 1. The average Bonchev–Trinajstić information content (AvgIpc) is 3.14. The Hall–Kier alpha value is -1.92. The van der Waals surface area contributed by atoms with Crippen molar-refractivity contribution in [2.24, 2.45) is 0 Å². The van der Waals surface area contributed by atoms with Gasteiger partial charge in [0.15, 0.2) is 5.16 Å². The highest BCUT2D eigenvalue weighted by atomic mass is 32.2. The molecule has 4 aromatic rings. The molecule has 0 aliphatic heterocycles. The maximum Gasteiger partial charge on any atom is 0.172 e. The molecule has 1 aromatic carbocycles. The molecule has 3 aromatic heterocycles. The summed E-state index contributed by atoms with van der Waals surface area (Å²) in [7, 11) is 0. The topological polar surface area (TPSA) is 54.5 Å². The molecule has 120 valence electrons. The van der Waals surface area contributed by atoms with E-state index in [1.54, 1.807) is 11.8 Å². The Kier molecular flexibility index (Phi) is 3.35. The number of thiophene rings is 1. The number of benzene rings is 1. The number of aromatic nitrogens is 4. The zero-order chi connectivity index (χ0) is 16.1. The Balaban J connectivity index is 1.66. The first-order chi connectivity index (χ1) is 11.8. The Labute approximate surface area is 147 Å². The first kappa shape index (κ1) is 14.4. The Morgan fingerprint density at radius 1 is 1.08 bits per heavy atom. The summed E-state index contributed by atoms with van der Waals surface area (Å²) in [5.41, 5.74) is 3.53. The number of aromatic amines is 1. The maximum absolute atomic E-state index is 4.75. The molecule has 0 fully saturated rings. The zero-order valence-electron chi connectivity index (χ0n) is 13.3. The molecule has 0 amide bonds. The lowest BCUT2D eigenvalue weighted by Crippen LogP contribution is -1.99. The van der Waals surface area contributed by atoms with E-state index in [2.05, 4.69) is 16.0 Å². The number of para-hydroxylation sites is 2. The van der Waals surface area contributed by atoms with Crippen molar-refractivity contribution in [2.45, 2.75) is 42.8 Å². The Bertz CT molecular complexity index is 1030. The van der Waals surface area contributed by atoms with Crippen molar-refractivity contribution in [1.29, 1.82) is 0 Å². The van der Waals surface area contributed by atoms with Gasteiger partial charge >= 0.3 is 0 Å². The molecule has 0 spiro atoms. The van der Waals surface area contributed by atoms with Crippen LogP contribution in [-0.2, 0) is 12.8 Å². The predicted octanol–water partition coefficient (Wildman–Crippen LogP) is 4.91. The monoisotopic (exact) mass is 352 g/mol. The first-order valence-electron chi connectivity index (χ1n) is 8.19. The van der Waals surface area contributed by atoms with Gasteiger partial charge in [-0.05, 0) is 62.1 Å². The molecule has 0 unspecified atom stereocenters. The molecular weight excluding hydrogens is 336 g/mol. The van der Waals surface area contributed by atoms with Crippen LogP contribution in [0, 0.1) is 6.92 Å². The van der Waals surface area contributed by atoms with E-state index in [9.17, 15) is 0 Å². The normalized spacial score (nSPS) is 14.4. The van der Waals surface area contributed by atoms with Crippen LogP contribution < -0.4 is 0 Å². The molecular formula is C18H16N4S2.